The average molecular weight is 495 g/mol. The predicted molar refractivity (Wildman–Crippen MR) is 127 cm³/mol. The Balaban J connectivity index is 1.62. The first kappa shape index (κ1) is 25.6. The summed E-state index contributed by atoms with van der Waals surface area (Å²) in [6.07, 6.45) is -1.36. The number of alkyl halides is 3. The maximum atomic E-state index is 12.5. The summed E-state index contributed by atoms with van der Waals surface area (Å²) in [4.78, 5) is 12.3. The molecule has 4 N–H and O–H groups in total. The van der Waals surface area contributed by atoms with Crippen molar-refractivity contribution in [2.45, 2.75) is 45.1 Å². The lowest BCUT2D eigenvalue weighted by Crippen LogP contribution is -2.22. The minimum atomic E-state index is -4.37. The molecule has 0 aliphatic rings. The SMILES string of the molecule is C[Si](C)(C)CCOCn1cnc(-c2ccc(Nc3nc(NCC(F)(F)F)ncc3CN)cc2)n1. The summed E-state index contributed by atoms with van der Waals surface area (Å²) < 4.78 is 44.7. The number of nitrogens with one attached hydrogen (secondary N) is 2. The van der Waals surface area contributed by atoms with Crippen LogP contribution in [0.1, 0.15) is 5.56 Å². The molecule has 0 spiro atoms. The maximum Gasteiger partial charge on any atom is 0.405 e. The van der Waals surface area contributed by atoms with Gasteiger partial charge in [0.25, 0.3) is 0 Å². The molecule has 3 aromatic rings. The van der Waals surface area contributed by atoms with Gasteiger partial charge in [-0.25, -0.2) is 14.6 Å². The van der Waals surface area contributed by atoms with Crippen LogP contribution in [0.5, 0.6) is 0 Å². The van der Waals surface area contributed by atoms with Crippen LogP contribution in [0.15, 0.2) is 36.8 Å². The van der Waals surface area contributed by atoms with Gasteiger partial charge >= 0.3 is 6.18 Å². The average Bonchev–Trinajstić information content (AvgIpc) is 3.24. The fraction of sp³-hybridized carbons (Fsp3) is 0.429. The van der Waals surface area contributed by atoms with Crippen molar-refractivity contribution < 1.29 is 17.9 Å². The molecule has 2 aromatic heterocycles. The second-order valence-corrected chi connectivity index (χ2v) is 14.5. The van der Waals surface area contributed by atoms with Crippen molar-refractivity contribution in [3.63, 3.8) is 0 Å². The molecular formula is C21H29F3N8OSi. The second kappa shape index (κ2) is 10.9. The molecule has 0 atom stereocenters. The summed E-state index contributed by atoms with van der Waals surface area (Å²) in [5, 5.41) is 9.68. The molecule has 34 heavy (non-hydrogen) atoms. The minimum Gasteiger partial charge on any atom is -0.359 e. The molecule has 0 saturated heterocycles. The fourth-order valence-corrected chi connectivity index (χ4v) is 3.55. The molecule has 0 radical (unpaired) electrons. The van der Waals surface area contributed by atoms with Crippen molar-refractivity contribution in [2.75, 3.05) is 23.8 Å². The van der Waals surface area contributed by atoms with Gasteiger partial charge in [-0.15, -0.1) is 5.10 Å². The van der Waals surface area contributed by atoms with Crippen molar-refractivity contribution >= 4 is 25.5 Å². The first-order valence-electron chi connectivity index (χ1n) is 10.7. The molecule has 3 rings (SSSR count). The quantitative estimate of drug-likeness (QED) is 0.268. The van der Waals surface area contributed by atoms with Crippen molar-refractivity contribution in [3.8, 4) is 11.4 Å². The lowest BCUT2D eigenvalue weighted by molar-refractivity contribution is -0.115. The van der Waals surface area contributed by atoms with E-state index in [1.165, 1.54) is 6.20 Å². The van der Waals surface area contributed by atoms with Crippen LogP contribution in [-0.4, -0.2) is 52.1 Å². The monoisotopic (exact) mass is 494 g/mol. The van der Waals surface area contributed by atoms with E-state index < -0.39 is 20.8 Å². The Labute approximate surface area is 197 Å². The maximum absolute atomic E-state index is 12.5. The van der Waals surface area contributed by atoms with E-state index in [-0.39, 0.29) is 12.5 Å². The largest absolute Gasteiger partial charge is 0.405 e. The number of hydrogen-bond acceptors (Lipinski definition) is 8. The van der Waals surface area contributed by atoms with Crippen molar-refractivity contribution in [3.05, 3.63) is 42.4 Å². The highest BCUT2D eigenvalue weighted by Crippen LogP contribution is 2.23. The zero-order valence-corrected chi connectivity index (χ0v) is 20.4. The molecule has 2 heterocycles. The van der Waals surface area contributed by atoms with Gasteiger partial charge in [0.2, 0.25) is 5.95 Å². The van der Waals surface area contributed by atoms with Crippen molar-refractivity contribution in [2.24, 2.45) is 5.73 Å². The van der Waals surface area contributed by atoms with E-state index in [9.17, 15) is 13.2 Å². The van der Waals surface area contributed by atoms with Gasteiger partial charge in [-0.1, -0.05) is 19.6 Å². The number of benzene rings is 1. The van der Waals surface area contributed by atoms with Gasteiger partial charge in [0, 0.05) is 44.2 Å². The van der Waals surface area contributed by atoms with Gasteiger partial charge in [0.1, 0.15) is 25.4 Å². The third kappa shape index (κ3) is 8.08. The summed E-state index contributed by atoms with van der Waals surface area (Å²) in [6, 6.07) is 8.35. The zero-order valence-electron chi connectivity index (χ0n) is 19.4. The van der Waals surface area contributed by atoms with Gasteiger partial charge in [0.15, 0.2) is 5.82 Å². The molecule has 13 heteroatoms. The summed E-state index contributed by atoms with van der Waals surface area (Å²) in [6.45, 7) is 6.84. The number of anilines is 3. The van der Waals surface area contributed by atoms with Crippen LogP contribution < -0.4 is 16.4 Å². The third-order valence-corrected chi connectivity index (χ3v) is 6.40. The number of halogens is 3. The highest BCUT2D eigenvalue weighted by atomic mass is 28.3. The van der Waals surface area contributed by atoms with E-state index in [4.69, 9.17) is 10.5 Å². The Hall–Kier alpha value is -3.03. The zero-order chi connectivity index (χ0) is 24.8. The first-order valence-corrected chi connectivity index (χ1v) is 14.4. The Morgan fingerprint density at radius 1 is 1.12 bits per heavy atom. The number of ether oxygens (including phenoxy) is 1. The molecule has 1 aromatic carbocycles. The summed E-state index contributed by atoms with van der Waals surface area (Å²) in [5.74, 6) is 0.743. The Morgan fingerprint density at radius 2 is 1.85 bits per heavy atom. The van der Waals surface area contributed by atoms with Crippen LogP contribution in [0.3, 0.4) is 0 Å². The molecule has 0 unspecified atom stereocenters. The number of nitrogens with two attached hydrogens (primary N) is 1. The van der Waals surface area contributed by atoms with E-state index in [1.54, 1.807) is 23.1 Å². The summed E-state index contributed by atoms with van der Waals surface area (Å²) in [5.41, 5.74) is 7.76. The lowest BCUT2D eigenvalue weighted by Gasteiger charge is -2.15. The number of hydrogen-bond donors (Lipinski definition) is 3. The Morgan fingerprint density at radius 3 is 2.50 bits per heavy atom. The van der Waals surface area contributed by atoms with Crippen molar-refractivity contribution in [1.82, 2.24) is 24.7 Å². The van der Waals surface area contributed by atoms with Crippen LogP contribution in [0.2, 0.25) is 25.7 Å². The molecule has 184 valence electrons. The highest BCUT2D eigenvalue weighted by Gasteiger charge is 2.27. The highest BCUT2D eigenvalue weighted by molar-refractivity contribution is 6.76. The summed E-state index contributed by atoms with van der Waals surface area (Å²) >= 11 is 0. The molecule has 0 amide bonds. The van der Waals surface area contributed by atoms with Crippen LogP contribution in [0.4, 0.5) is 30.6 Å². The summed E-state index contributed by atoms with van der Waals surface area (Å²) in [7, 11) is -1.14. The standard InChI is InChI=1S/C21H29F3N8OSi/c1-34(2,3)9-8-33-14-32-13-28-18(31-32)15-4-6-17(7-5-15)29-19-16(10-25)11-26-20(30-19)27-12-21(22,23)24/h4-7,11,13H,8-10,12,14,25H2,1-3H3,(H2,26,27,29,30). The van der Waals surface area contributed by atoms with E-state index >= 15 is 0 Å². The number of rotatable bonds is 11. The second-order valence-electron chi connectivity index (χ2n) is 8.90. The lowest BCUT2D eigenvalue weighted by atomic mass is 10.2. The van der Waals surface area contributed by atoms with E-state index in [2.05, 4.69) is 50.3 Å². The smallest absolute Gasteiger partial charge is 0.359 e. The molecule has 0 aliphatic carbocycles. The molecule has 0 fully saturated rings. The fourth-order valence-electron chi connectivity index (χ4n) is 2.79. The van der Waals surface area contributed by atoms with Gasteiger partial charge < -0.3 is 21.1 Å². The van der Waals surface area contributed by atoms with Crippen LogP contribution in [-0.2, 0) is 18.0 Å². The van der Waals surface area contributed by atoms with E-state index in [0.29, 0.717) is 36.2 Å². The van der Waals surface area contributed by atoms with Crippen molar-refractivity contribution in [1.29, 1.82) is 0 Å². The van der Waals surface area contributed by atoms with Gasteiger partial charge in [0.05, 0.1) is 0 Å². The number of aromatic nitrogens is 5. The third-order valence-electron chi connectivity index (χ3n) is 4.69. The van der Waals surface area contributed by atoms with Gasteiger partial charge in [-0.2, -0.15) is 18.2 Å². The normalized spacial score (nSPS) is 12.1. The van der Waals surface area contributed by atoms with E-state index in [0.717, 1.165) is 11.6 Å². The molecule has 0 bridgehead atoms. The first-order chi connectivity index (χ1) is 16.0. The van der Waals surface area contributed by atoms with E-state index in [1.807, 2.05) is 12.1 Å². The van der Waals surface area contributed by atoms with Crippen LogP contribution in [0.25, 0.3) is 11.4 Å². The minimum absolute atomic E-state index is 0.126. The molecule has 0 saturated carbocycles. The Kier molecular flexibility index (Phi) is 8.22. The molecule has 0 aliphatic heterocycles. The molecular weight excluding hydrogens is 465 g/mol. The van der Waals surface area contributed by atoms with Crippen LogP contribution in [0, 0.1) is 0 Å². The number of nitrogens with zero attached hydrogens (tertiary/aromatic N) is 5. The van der Waals surface area contributed by atoms with Gasteiger partial charge in [-0.05, 0) is 30.3 Å². The topological polar surface area (TPSA) is 116 Å². The van der Waals surface area contributed by atoms with Crippen LogP contribution >= 0.6 is 0 Å². The predicted octanol–water partition coefficient (Wildman–Crippen LogP) is 4.22. The molecule has 9 nitrogen and oxygen atoms in total. The Bertz CT molecular complexity index is 1070. The van der Waals surface area contributed by atoms with Gasteiger partial charge in [-0.3, -0.25) is 0 Å².